The molecule has 1 atom stereocenters. The fourth-order valence-corrected chi connectivity index (χ4v) is 1.53. The monoisotopic (exact) mass is 267 g/mol. The number of anilines is 1. The van der Waals surface area contributed by atoms with Gasteiger partial charge in [-0.1, -0.05) is 11.6 Å². The maximum Gasteiger partial charge on any atom is 0.276 e. The van der Waals surface area contributed by atoms with Crippen molar-refractivity contribution < 1.29 is 13.9 Å². The van der Waals surface area contributed by atoms with Crippen LogP contribution in [0.15, 0.2) is 0 Å². The van der Waals surface area contributed by atoms with Crippen LogP contribution in [0.5, 0.6) is 0 Å². The van der Waals surface area contributed by atoms with Crippen LogP contribution in [0, 0.1) is 0 Å². The fraction of sp³-hybridized carbons (Fsp3) is 0.625. The number of nitrogens with one attached hydrogen (secondary N) is 1. The molecule has 0 radical (unpaired) electrons. The summed E-state index contributed by atoms with van der Waals surface area (Å²) in [6.07, 6.45) is 0. The van der Waals surface area contributed by atoms with Crippen LogP contribution in [0.4, 0.5) is 9.52 Å². The van der Waals surface area contributed by atoms with E-state index in [1.165, 1.54) is 7.11 Å². The molecule has 0 spiro atoms. The van der Waals surface area contributed by atoms with Crippen molar-refractivity contribution in [2.24, 2.45) is 0 Å². The minimum atomic E-state index is -2.09. The summed E-state index contributed by atoms with van der Waals surface area (Å²) in [6, 6.07) is 0. The number of hydrogen-bond acceptors (Lipinski definition) is 5. The van der Waals surface area contributed by atoms with Crippen molar-refractivity contribution in [1.29, 1.82) is 0 Å². The zero-order valence-electron chi connectivity index (χ0n) is 8.95. The Bertz CT molecular complexity index is 383. The molecule has 90 valence electrons. The highest BCUT2D eigenvalue weighted by atomic mass is 35.5. The van der Waals surface area contributed by atoms with E-state index < -0.39 is 17.1 Å². The van der Waals surface area contributed by atoms with Gasteiger partial charge < -0.3 is 4.74 Å². The van der Waals surface area contributed by atoms with Crippen molar-refractivity contribution in [3.63, 3.8) is 0 Å². The second-order valence-electron chi connectivity index (χ2n) is 3.43. The Hall–Kier alpha value is -0.790. The molecule has 0 aromatic carbocycles. The van der Waals surface area contributed by atoms with Gasteiger partial charge in [-0.05, 0) is 13.8 Å². The van der Waals surface area contributed by atoms with Gasteiger partial charge in [0.05, 0.1) is 0 Å². The van der Waals surface area contributed by atoms with Crippen molar-refractivity contribution in [2.45, 2.75) is 25.1 Å². The van der Waals surface area contributed by atoms with Gasteiger partial charge in [0.2, 0.25) is 5.13 Å². The average Bonchev–Trinajstić information content (AvgIpc) is 2.66. The zero-order chi connectivity index (χ0) is 12.3. The third kappa shape index (κ3) is 3.10. The molecule has 1 heterocycles. The first-order chi connectivity index (χ1) is 7.36. The maximum atomic E-state index is 12.4. The average molecular weight is 268 g/mol. The molecule has 0 bridgehead atoms. The lowest BCUT2D eigenvalue weighted by Crippen LogP contribution is -2.22. The van der Waals surface area contributed by atoms with Gasteiger partial charge in [0.15, 0.2) is 5.82 Å². The number of halogens is 2. The van der Waals surface area contributed by atoms with Crippen LogP contribution in [0.25, 0.3) is 0 Å². The predicted molar refractivity (Wildman–Crippen MR) is 59.3 cm³/mol. The number of carbonyl (C=O) groups excluding carboxylic acids is 1. The summed E-state index contributed by atoms with van der Waals surface area (Å²) in [5, 5.41) is 2.39. The fourth-order valence-electron chi connectivity index (χ4n) is 0.770. The predicted octanol–water partition coefficient (Wildman–Crippen LogP) is 1.89. The van der Waals surface area contributed by atoms with Crippen LogP contribution in [0.3, 0.4) is 0 Å². The first-order valence-electron chi connectivity index (χ1n) is 4.35. The normalized spacial score (nSPS) is 13.6. The van der Waals surface area contributed by atoms with Crippen LogP contribution >= 0.6 is 23.1 Å². The lowest BCUT2D eigenvalue weighted by Gasteiger charge is -2.18. The van der Waals surface area contributed by atoms with E-state index in [0.717, 1.165) is 11.5 Å². The van der Waals surface area contributed by atoms with Gasteiger partial charge in [-0.2, -0.15) is 4.37 Å². The zero-order valence-corrected chi connectivity index (χ0v) is 10.5. The lowest BCUT2D eigenvalue weighted by molar-refractivity contribution is -0.118. The Kier molecular flexibility index (Phi) is 4.17. The topological polar surface area (TPSA) is 64.1 Å². The number of hydrogen-bond donors (Lipinski definition) is 1. The molecule has 8 heteroatoms. The van der Waals surface area contributed by atoms with Crippen molar-refractivity contribution in [3.05, 3.63) is 5.82 Å². The van der Waals surface area contributed by atoms with Crippen molar-refractivity contribution >= 4 is 34.2 Å². The Morgan fingerprint density at radius 1 is 1.69 bits per heavy atom. The largest absolute Gasteiger partial charge is 0.371 e. The van der Waals surface area contributed by atoms with E-state index in [4.69, 9.17) is 16.3 Å². The number of carbonyl (C=O) groups is 1. The van der Waals surface area contributed by atoms with Gasteiger partial charge in [0.25, 0.3) is 11.5 Å². The van der Waals surface area contributed by atoms with Crippen LogP contribution < -0.4 is 5.32 Å². The summed E-state index contributed by atoms with van der Waals surface area (Å²) in [7, 11) is 1.52. The van der Waals surface area contributed by atoms with Gasteiger partial charge >= 0.3 is 0 Å². The van der Waals surface area contributed by atoms with E-state index in [2.05, 4.69) is 14.7 Å². The molecule has 1 aromatic rings. The molecule has 1 aromatic heterocycles. The summed E-state index contributed by atoms with van der Waals surface area (Å²) in [5.74, 6) is -0.542. The molecule has 1 amide bonds. The summed E-state index contributed by atoms with van der Waals surface area (Å²) >= 11 is 5.89. The Balaban J connectivity index is 2.76. The minimum Gasteiger partial charge on any atom is -0.371 e. The highest BCUT2D eigenvalue weighted by molar-refractivity contribution is 7.09. The van der Waals surface area contributed by atoms with Gasteiger partial charge in [-0.3, -0.25) is 10.1 Å². The smallest absolute Gasteiger partial charge is 0.276 e. The standard InChI is InChI=1S/C8H11ClFN3O2S/c1-8(2,15-3)6-12-7(16-13-6)11-5(14)4(9)10/h4H,1-3H3,(H,11,12,13,14). The first-order valence-corrected chi connectivity index (χ1v) is 5.56. The molecule has 1 unspecified atom stereocenters. The molecule has 0 aliphatic heterocycles. The summed E-state index contributed by atoms with van der Waals surface area (Å²) < 4.78 is 21.5. The summed E-state index contributed by atoms with van der Waals surface area (Å²) in [6.45, 7) is 3.56. The number of rotatable bonds is 4. The van der Waals surface area contributed by atoms with Gasteiger partial charge in [0.1, 0.15) is 5.60 Å². The van der Waals surface area contributed by atoms with E-state index in [-0.39, 0.29) is 5.13 Å². The van der Waals surface area contributed by atoms with E-state index in [1.807, 2.05) is 0 Å². The second kappa shape index (κ2) is 5.03. The molecule has 1 rings (SSSR count). The third-order valence-electron chi connectivity index (χ3n) is 1.90. The van der Waals surface area contributed by atoms with Crippen molar-refractivity contribution in [1.82, 2.24) is 9.36 Å². The quantitative estimate of drug-likeness (QED) is 0.846. The van der Waals surface area contributed by atoms with E-state index >= 15 is 0 Å². The summed E-state index contributed by atoms with van der Waals surface area (Å²) in [4.78, 5) is 14.9. The van der Waals surface area contributed by atoms with Crippen LogP contribution in [-0.2, 0) is 15.1 Å². The molecule has 5 nitrogen and oxygen atoms in total. The van der Waals surface area contributed by atoms with Crippen LogP contribution in [0.2, 0.25) is 0 Å². The van der Waals surface area contributed by atoms with Gasteiger partial charge in [0, 0.05) is 18.6 Å². The van der Waals surface area contributed by atoms with Crippen LogP contribution in [-0.4, -0.2) is 28.0 Å². The van der Waals surface area contributed by atoms with Gasteiger partial charge in [-0.25, -0.2) is 9.37 Å². The molecular formula is C8H11ClFN3O2S. The Labute approximate surface area is 101 Å². The Morgan fingerprint density at radius 2 is 2.31 bits per heavy atom. The molecular weight excluding hydrogens is 257 g/mol. The second-order valence-corrected chi connectivity index (χ2v) is 4.56. The van der Waals surface area contributed by atoms with Crippen molar-refractivity contribution in [2.75, 3.05) is 12.4 Å². The Morgan fingerprint density at radius 3 is 2.81 bits per heavy atom. The van der Waals surface area contributed by atoms with E-state index in [9.17, 15) is 9.18 Å². The number of amides is 1. The minimum absolute atomic E-state index is 0.188. The number of aromatic nitrogens is 2. The number of alkyl halides is 2. The lowest BCUT2D eigenvalue weighted by atomic mass is 10.1. The maximum absolute atomic E-state index is 12.4. The third-order valence-corrected chi connectivity index (χ3v) is 2.73. The molecule has 0 fully saturated rings. The molecule has 16 heavy (non-hydrogen) atoms. The SMILES string of the molecule is COC(C)(C)c1nsc(NC(=O)C(F)Cl)n1. The van der Waals surface area contributed by atoms with Crippen molar-refractivity contribution in [3.8, 4) is 0 Å². The van der Waals surface area contributed by atoms with Gasteiger partial charge in [-0.15, -0.1) is 0 Å². The molecule has 0 saturated carbocycles. The highest BCUT2D eigenvalue weighted by Crippen LogP contribution is 2.24. The number of ether oxygens (including phenoxy) is 1. The van der Waals surface area contributed by atoms with E-state index in [1.54, 1.807) is 13.8 Å². The molecule has 1 N–H and O–H groups in total. The number of nitrogens with zero attached hydrogens (tertiary/aromatic N) is 2. The highest BCUT2D eigenvalue weighted by Gasteiger charge is 2.25. The molecule has 0 aliphatic rings. The van der Waals surface area contributed by atoms with E-state index in [0.29, 0.717) is 5.82 Å². The summed E-state index contributed by atoms with van der Waals surface area (Å²) in [5.41, 5.74) is -2.75. The molecule has 0 saturated heterocycles. The first kappa shape index (κ1) is 13.3. The van der Waals surface area contributed by atoms with Crippen LogP contribution in [0.1, 0.15) is 19.7 Å². The molecule has 0 aliphatic carbocycles. The number of methoxy groups -OCH3 is 1.